The zero-order valence-corrected chi connectivity index (χ0v) is 55.4. The molecule has 0 radical (unpaired) electrons. The van der Waals surface area contributed by atoms with E-state index >= 15 is 0 Å². The van der Waals surface area contributed by atoms with Crippen LogP contribution in [-0.4, -0.2) is 74.3 Å². The molecule has 10 heteroatoms. The number of unbranched alkanes of at least 4 members (excludes halogenated alkanes) is 34. The number of hydrogen-bond donors (Lipinski definition) is 2. The van der Waals surface area contributed by atoms with Gasteiger partial charge in [0, 0.05) is 12.8 Å². The van der Waals surface area contributed by atoms with E-state index in [1.54, 1.807) is 0 Å². The van der Waals surface area contributed by atoms with Gasteiger partial charge in [0.05, 0.1) is 33.8 Å². The van der Waals surface area contributed by atoms with E-state index in [1.165, 1.54) is 167 Å². The van der Waals surface area contributed by atoms with Gasteiger partial charge in [-0.15, -0.1) is 0 Å². The molecule has 3 unspecified atom stereocenters. The van der Waals surface area contributed by atoms with Gasteiger partial charge in [0.25, 0.3) is 0 Å². The topological polar surface area (TPSA) is 111 Å². The Morgan fingerprint density at radius 1 is 0.439 bits per heavy atom. The zero-order valence-electron chi connectivity index (χ0n) is 54.5. The number of quaternary nitrogens is 1. The summed E-state index contributed by atoms with van der Waals surface area (Å²) < 4.78 is 30.8. The van der Waals surface area contributed by atoms with E-state index in [4.69, 9.17) is 13.8 Å². The Labute approximate surface area is 507 Å². The number of phosphoric ester groups is 1. The minimum atomic E-state index is -4.46. The highest BCUT2D eigenvalue weighted by molar-refractivity contribution is 7.47. The Hall–Kier alpha value is -2.81. The Balaban J connectivity index is 5.10. The standard InChI is InChI=1S/C72H131N2O7P/c1-7-10-13-16-19-22-25-28-30-32-33-34-35-36-37-38-39-40-41-43-45-47-50-53-56-59-62-65-72(76)81-70(63-60-57-54-51-48-27-24-21-18-15-12-9-3)69(68-80-82(77,78)79-67-66-74(4,5)6)73-71(75)64-61-58-55-52-49-46-44-42-31-29-26-23-20-17-14-11-8-2/h10,13,19,22,28,30,33-34,36-37,39-40,60,63,69-70H,7-9,11-12,14-18,20-21,23-27,29,31-32,35,38,41-59,61-62,64-68H2,1-6H3,(H-,73,75,77,78)/p+1/b13-10-,22-19-,30-28-,34-33-,37-36-,40-39-,63-60+. The fourth-order valence-electron chi connectivity index (χ4n) is 9.83. The molecule has 1 amide bonds. The monoisotopic (exact) mass is 1170 g/mol. The molecule has 82 heavy (non-hydrogen) atoms. The van der Waals surface area contributed by atoms with Crippen LogP contribution < -0.4 is 5.32 Å². The van der Waals surface area contributed by atoms with Gasteiger partial charge in [-0.25, -0.2) is 4.57 Å². The second kappa shape index (κ2) is 61.3. The third-order valence-electron chi connectivity index (χ3n) is 15.1. The van der Waals surface area contributed by atoms with Crippen LogP contribution in [0.5, 0.6) is 0 Å². The van der Waals surface area contributed by atoms with Gasteiger partial charge in [-0.1, -0.05) is 299 Å². The van der Waals surface area contributed by atoms with Gasteiger partial charge in [0.15, 0.2) is 0 Å². The summed E-state index contributed by atoms with van der Waals surface area (Å²) in [7, 11) is 1.49. The van der Waals surface area contributed by atoms with Crippen LogP contribution in [0.4, 0.5) is 0 Å². The fourth-order valence-corrected chi connectivity index (χ4v) is 10.6. The molecule has 0 bridgehead atoms. The summed E-state index contributed by atoms with van der Waals surface area (Å²) >= 11 is 0. The molecule has 0 aromatic heterocycles. The minimum absolute atomic E-state index is 0.0376. The number of nitrogens with one attached hydrogen (secondary N) is 1. The molecule has 2 N–H and O–H groups in total. The van der Waals surface area contributed by atoms with Gasteiger partial charge >= 0.3 is 13.8 Å². The maximum absolute atomic E-state index is 13.6. The first-order valence-corrected chi connectivity index (χ1v) is 35.9. The SMILES string of the molecule is CC/C=C\C/C=C\C/C=C\C/C=C\C/C=C\C/C=C\CCCCCCCCCCC(=O)OC(/C=C/CCCCCCCCCCCC)C(COP(=O)(O)OCC[N+](C)(C)C)NC(=O)CCCCCCCCCCCCCCCCCCC. The lowest BCUT2D eigenvalue weighted by atomic mass is 10.0. The molecule has 0 heterocycles. The number of amides is 1. The zero-order chi connectivity index (χ0) is 60.0. The van der Waals surface area contributed by atoms with Crippen LogP contribution in [0.2, 0.25) is 0 Å². The summed E-state index contributed by atoms with van der Waals surface area (Å²) in [5.41, 5.74) is 0. The third-order valence-corrected chi connectivity index (χ3v) is 16.1. The summed E-state index contributed by atoms with van der Waals surface area (Å²) in [6.07, 6.45) is 81.6. The highest BCUT2D eigenvalue weighted by Crippen LogP contribution is 2.43. The number of esters is 1. The van der Waals surface area contributed by atoms with Crippen molar-refractivity contribution in [2.75, 3.05) is 40.9 Å². The smallest absolute Gasteiger partial charge is 0.456 e. The first kappa shape index (κ1) is 79.2. The molecule has 0 aliphatic heterocycles. The molecule has 0 aromatic rings. The van der Waals surface area contributed by atoms with Gasteiger partial charge in [-0.2, -0.15) is 0 Å². The molecule has 0 aliphatic rings. The van der Waals surface area contributed by atoms with Crippen LogP contribution in [0.1, 0.15) is 310 Å². The Morgan fingerprint density at radius 2 is 0.780 bits per heavy atom. The Kier molecular flexibility index (Phi) is 59.2. The molecule has 476 valence electrons. The maximum atomic E-state index is 13.6. The summed E-state index contributed by atoms with van der Waals surface area (Å²) in [6, 6.07) is -0.854. The number of allylic oxidation sites excluding steroid dienone is 13. The summed E-state index contributed by atoms with van der Waals surface area (Å²) in [6.45, 7) is 6.92. The van der Waals surface area contributed by atoms with E-state index < -0.39 is 20.0 Å². The molecule has 0 saturated heterocycles. The first-order chi connectivity index (χ1) is 39.9. The predicted molar refractivity (Wildman–Crippen MR) is 355 cm³/mol. The number of likely N-dealkylation sites (N-methyl/N-ethyl adjacent to an activating group) is 1. The van der Waals surface area contributed by atoms with Crippen molar-refractivity contribution in [1.29, 1.82) is 0 Å². The Morgan fingerprint density at radius 3 is 1.17 bits per heavy atom. The van der Waals surface area contributed by atoms with Crippen molar-refractivity contribution in [1.82, 2.24) is 5.32 Å². The lowest BCUT2D eigenvalue weighted by molar-refractivity contribution is -0.870. The van der Waals surface area contributed by atoms with Gasteiger partial charge in [0.1, 0.15) is 19.3 Å². The number of ether oxygens (including phenoxy) is 1. The van der Waals surface area contributed by atoms with Crippen LogP contribution in [0.25, 0.3) is 0 Å². The Bertz CT molecular complexity index is 1680. The highest BCUT2D eigenvalue weighted by atomic mass is 31.2. The van der Waals surface area contributed by atoms with Crippen molar-refractivity contribution >= 4 is 19.7 Å². The average Bonchev–Trinajstić information content (AvgIpc) is 3.44. The lowest BCUT2D eigenvalue weighted by Crippen LogP contribution is -2.47. The second-order valence-electron chi connectivity index (χ2n) is 24.3. The third kappa shape index (κ3) is 61.7. The molecular weight excluding hydrogens is 1040 g/mol. The predicted octanol–water partition coefficient (Wildman–Crippen LogP) is 21.7. The van der Waals surface area contributed by atoms with Gasteiger partial charge in [-0.3, -0.25) is 18.6 Å². The van der Waals surface area contributed by atoms with E-state index in [2.05, 4.69) is 99.0 Å². The van der Waals surface area contributed by atoms with Crippen LogP contribution in [0.15, 0.2) is 85.1 Å². The quantitative estimate of drug-likeness (QED) is 0.0205. The van der Waals surface area contributed by atoms with Crippen molar-refractivity contribution in [3.05, 3.63) is 85.1 Å². The fraction of sp³-hybridized carbons (Fsp3) is 0.778. The first-order valence-electron chi connectivity index (χ1n) is 34.4. The van der Waals surface area contributed by atoms with Gasteiger partial charge in [-0.05, 0) is 83.1 Å². The van der Waals surface area contributed by atoms with Gasteiger partial charge < -0.3 is 19.4 Å². The highest BCUT2D eigenvalue weighted by Gasteiger charge is 2.30. The van der Waals surface area contributed by atoms with Crippen molar-refractivity contribution in [3.8, 4) is 0 Å². The van der Waals surface area contributed by atoms with Gasteiger partial charge in [0.2, 0.25) is 5.91 Å². The van der Waals surface area contributed by atoms with Crippen LogP contribution >= 0.6 is 7.82 Å². The van der Waals surface area contributed by atoms with E-state index in [0.717, 1.165) is 109 Å². The number of carbonyl (C=O) groups excluding carboxylic acids is 2. The summed E-state index contributed by atoms with van der Waals surface area (Å²) in [5, 5.41) is 3.07. The number of phosphoric acid groups is 1. The van der Waals surface area contributed by atoms with Crippen LogP contribution in [0.3, 0.4) is 0 Å². The van der Waals surface area contributed by atoms with Crippen molar-refractivity contribution in [3.63, 3.8) is 0 Å². The molecule has 9 nitrogen and oxygen atoms in total. The van der Waals surface area contributed by atoms with Crippen molar-refractivity contribution in [2.45, 2.75) is 322 Å². The van der Waals surface area contributed by atoms with E-state index in [1.807, 2.05) is 33.3 Å². The maximum Gasteiger partial charge on any atom is 0.472 e. The van der Waals surface area contributed by atoms with E-state index in [9.17, 15) is 19.0 Å². The molecule has 0 aromatic carbocycles. The minimum Gasteiger partial charge on any atom is -0.456 e. The lowest BCUT2D eigenvalue weighted by Gasteiger charge is -2.27. The van der Waals surface area contributed by atoms with Crippen LogP contribution in [-0.2, 0) is 27.9 Å². The number of hydrogen-bond acceptors (Lipinski definition) is 6. The van der Waals surface area contributed by atoms with Crippen LogP contribution in [0, 0.1) is 0 Å². The molecule has 0 spiro atoms. The average molecular weight is 1170 g/mol. The van der Waals surface area contributed by atoms with Crippen molar-refractivity contribution in [2.24, 2.45) is 0 Å². The van der Waals surface area contributed by atoms with Crippen molar-refractivity contribution < 1.29 is 37.3 Å². The van der Waals surface area contributed by atoms with E-state index in [0.29, 0.717) is 17.4 Å². The molecule has 0 rings (SSSR count). The molecule has 0 aliphatic carbocycles. The summed E-state index contributed by atoms with van der Waals surface area (Å²) in [5.74, 6) is -0.507. The molecule has 0 saturated carbocycles. The van der Waals surface area contributed by atoms with E-state index in [-0.39, 0.29) is 31.5 Å². The normalized spacial score (nSPS) is 14.1. The number of carbonyl (C=O) groups is 2. The molecule has 3 atom stereocenters. The second-order valence-corrected chi connectivity index (χ2v) is 25.8. The summed E-state index contributed by atoms with van der Waals surface area (Å²) in [4.78, 5) is 37.8. The number of nitrogens with zero attached hydrogens (tertiary/aromatic N) is 1. The molecular formula is C72H132N2O7P+. The number of rotatable bonds is 62. The largest absolute Gasteiger partial charge is 0.472 e. The molecule has 0 fully saturated rings.